The summed E-state index contributed by atoms with van der Waals surface area (Å²) in [5.74, 6) is 0.857. The third-order valence-corrected chi connectivity index (χ3v) is 2.44. The van der Waals surface area contributed by atoms with Gasteiger partial charge in [-0.2, -0.15) is 5.10 Å². The molecule has 2 heterocycles. The third kappa shape index (κ3) is 1.29. The first-order chi connectivity index (χ1) is 6.59. The van der Waals surface area contributed by atoms with Crippen LogP contribution in [-0.4, -0.2) is 20.0 Å². The van der Waals surface area contributed by atoms with Crippen molar-refractivity contribution >= 4 is 11.6 Å². The van der Waals surface area contributed by atoms with Gasteiger partial charge in [-0.25, -0.2) is 0 Å². The van der Waals surface area contributed by atoms with Crippen molar-refractivity contribution in [2.45, 2.75) is 13.8 Å². The summed E-state index contributed by atoms with van der Waals surface area (Å²) in [7, 11) is 1.81. The molecular weight excluding hydrogens is 204 g/mol. The van der Waals surface area contributed by atoms with Crippen LogP contribution >= 0.6 is 11.6 Å². The van der Waals surface area contributed by atoms with Crippen molar-refractivity contribution in [2.24, 2.45) is 7.05 Å². The van der Waals surface area contributed by atoms with Crippen molar-refractivity contribution in [2.75, 3.05) is 0 Å². The lowest BCUT2D eigenvalue weighted by Gasteiger charge is -1.89. The Labute approximate surface area is 85.7 Å². The summed E-state index contributed by atoms with van der Waals surface area (Å²) in [5, 5.41) is 12.3. The van der Waals surface area contributed by atoms with E-state index >= 15 is 0 Å². The molecule has 0 aliphatic heterocycles. The molecule has 14 heavy (non-hydrogen) atoms. The Morgan fingerprint density at radius 1 is 1.29 bits per heavy atom. The number of rotatable bonds is 1. The summed E-state index contributed by atoms with van der Waals surface area (Å²) in [6.45, 7) is 3.60. The highest BCUT2D eigenvalue weighted by molar-refractivity contribution is 6.33. The van der Waals surface area contributed by atoms with Crippen LogP contribution in [0.15, 0.2) is 4.42 Å². The van der Waals surface area contributed by atoms with Crippen LogP contribution in [0.4, 0.5) is 0 Å². The van der Waals surface area contributed by atoms with E-state index < -0.39 is 0 Å². The zero-order valence-electron chi connectivity index (χ0n) is 8.08. The van der Waals surface area contributed by atoms with E-state index in [0.29, 0.717) is 22.5 Å². The molecule has 74 valence electrons. The van der Waals surface area contributed by atoms with Crippen LogP contribution < -0.4 is 0 Å². The van der Waals surface area contributed by atoms with Crippen molar-refractivity contribution in [3.63, 3.8) is 0 Å². The van der Waals surface area contributed by atoms with Crippen LogP contribution in [0.3, 0.4) is 0 Å². The van der Waals surface area contributed by atoms with E-state index in [1.54, 1.807) is 11.6 Å². The number of halogens is 1. The van der Waals surface area contributed by atoms with Gasteiger partial charge in [-0.15, -0.1) is 10.2 Å². The first kappa shape index (κ1) is 9.21. The number of nitrogens with zero attached hydrogens (tertiary/aromatic N) is 4. The zero-order valence-corrected chi connectivity index (χ0v) is 8.83. The molecule has 2 aromatic rings. The van der Waals surface area contributed by atoms with Gasteiger partial charge in [0, 0.05) is 14.0 Å². The fraction of sp³-hybridized carbons (Fsp3) is 0.375. The van der Waals surface area contributed by atoms with E-state index in [1.165, 1.54) is 0 Å². The van der Waals surface area contributed by atoms with E-state index in [1.807, 2.05) is 14.0 Å². The molecule has 0 N–H and O–H groups in total. The SMILES string of the molecule is Cc1nnc(-c2nn(C)c(C)c2Cl)o1. The first-order valence-electron chi connectivity index (χ1n) is 4.09. The predicted molar refractivity (Wildman–Crippen MR) is 51.0 cm³/mol. The van der Waals surface area contributed by atoms with E-state index in [-0.39, 0.29) is 0 Å². The van der Waals surface area contributed by atoms with E-state index in [4.69, 9.17) is 16.0 Å². The molecule has 0 amide bonds. The Bertz CT molecular complexity index is 474. The number of hydrogen-bond donors (Lipinski definition) is 0. The second kappa shape index (κ2) is 3.09. The number of aromatic nitrogens is 4. The largest absolute Gasteiger partial charge is 0.420 e. The summed E-state index contributed by atoms with van der Waals surface area (Å²) < 4.78 is 6.91. The maximum absolute atomic E-state index is 6.05. The van der Waals surface area contributed by atoms with Crippen molar-refractivity contribution in [1.29, 1.82) is 0 Å². The fourth-order valence-corrected chi connectivity index (χ4v) is 1.35. The fourth-order valence-electron chi connectivity index (χ4n) is 1.11. The van der Waals surface area contributed by atoms with Crippen molar-refractivity contribution in [3.8, 4) is 11.6 Å². The van der Waals surface area contributed by atoms with Gasteiger partial charge in [-0.1, -0.05) is 11.6 Å². The van der Waals surface area contributed by atoms with Gasteiger partial charge in [0.15, 0.2) is 5.69 Å². The van der Waals surface area contributed by atoms with Crippen LogP contribution in [0, 0.1) is 13.8 Å². The maximum atomic E-state index is 6.05. The summed E-state index contributed by atoms with van der Waals surface area (Å²) in [6.07, 6.45) is 0. The second-order valence-corrected chi connectivity index (χ2v) is 3.38. The standard InChI is InChI=1S/C8H9ClN4O/c1-4-6(9)7(12-13(4)3)8-11-10-5(2)14-8/h1-3H3. The summed E-state index contributed by atoms with van der Waals surface area (Å²) in [6, 6.07) is 0. The summed E-state index contributed by atoms with van der Waals surface area (Å²) in [5.41, 5.74) is 1.41. The van der Waals surface area contributed by atoms with Crippen LogP contribution in [0.2, 0.25) is 5.02 Å². The summed E-state index contributed by atoms with van der Waals surface area (Å²) >= 11 is 6.05. The van der Waals surface area contributed by atoms with Crippen molar-refractivity contribution in [3.05, 3.63) is 16.6 Å². The highest BCUT2D eigenvalue weighted by Gasteiger charge is 2.17. The molecule has 0 radical (unpaired) electrons. The minimum Gasteiger partial charge on any atom is -0.420 e. The van der Waals surface area contributed by atoms with Crippen LogP contribution in [-0.2, 0) is 7.05 Å². The van der Waals surface area contributed by atoms with Gasteiger partial charge < -0.3 is 4.42 Å². The zero-order chi connectivity index (χ0) is 10.3. The Balaban J connectivity index is 2.57. The van der Waals surface area contributed by atoms with E-state index in [9.17, 15) is 0 Å². The van der Waals surface area contributed by atoms with E-state index in [2.05, 4.69) is 15.3 Å². The molecule has 0 fully saturated rings. The van der Waals surface area contributed by atoms with Crippen LogP contribution in [0.5, 0.6) is 0 Å². The average molecular weight is 213 g/mol. The van der Waals surface area contributed by atoms with E-state index in [0.717, 1.165) is 5.69 Å². The number of hydrogen-bond acceptors (Lipinski definition) is 4. The van der Waals surface area contributed by atoms with Gasteiger partial charge in [-0.3, -0.25) is 4.68 Å². The maximum Gasteiger partial charge on any atom is 0.269 e. The highest BCUT2D eigenvalue weighted by Crippen LogP contribution is 2.27. The monoisotopic (exact) mass is 212 g/mol. The van der Waals surface area contributed by atoms with Crippen LogP contribution in [0.1, 0.15) is 11.6 Å². The molecule has 6 heteroatoms. The number of aryl methyl sites for hydroxylation is 2. The third-order valence-electron chi connectivity index (χ3n) is 1.99. The topological polar surface area (TPSA) is 56.7 Å². The molecule has 0 spiro atoms. The molecule has 0 atom stereocenters. The Hall–Kier alpha value is -1.36. The molecule has 2 rings (SSSR count). The lowest BCUT2D eigenvalue weighted by Crippen LogP contribution is -1.92. The molecule has 0 saturated carbocycles. The summed E-state index contributed by atoms with van der Waals surface area (Å²) in [4.78, 5) is 0. The molecule has 5 nitrogen and oxygen atoms in total. The molecule has 0 saturated heterocycles. The smallest absolute Gasteiger partial charge is 0.269 e. The Morgan fingerprint density at radius 3 is 2.43 bits per heavy atom. The van der Waals surface area contributed by atoms with Crippen molar-refractivity contribution < 1.29 is 4.42 Å². The first-order valence-corrected chi connectivity index (χ1v) is 4.47. The quantitative estimate of drug-likeness (QED) is 0.723. The van der Waals surface area contributed by atoms with Gasteiger partial charge in [0.2, 0.25) is 5.89 Å². The Kier molecular flexibility index (Phi) is 2.03. The normalized spacial score (nSPS) is 10.9. The molecule has 0 aliphatic rings. The molecule has 0 aromatic carbocycles. The lowest BCUT2D eigenvalue weighted by atomic mass is 10.4. The molecule has 2 aromatic heterocycles. The second-order valence-electron chi connectivity index (χ2n) is 3.00. The van der Waals surface area contributed by atoms with Gasteiger partial charge in [0.25, 0.3) is 5.89 Å². The molecule has 0 unspecified atom stereocenters. The molecule has 0 aliphatic carbocycles. The van der Waals surface area contributed by atoms with Crippen molar-refractivity contribution in [1.82, 2.24) is 20.0 Å². The van der Waals surface area contributed by atoms with Gasteiger partial charge in [-0.05, 0) is 6.92 Å². The average Bonchev–Trinajstić information content (AvgIpc) is 2.66. The molecular formula is C8H9ClN4O. The van der Waals surface area contributed by atoms with Crippen LogP contribution in [0.25, 0.3) is 11.6 Å². The minimum atomic E-state index is 0.358. The van der Waals surface area contributed by atoms with Gasteiger partial charge in [0.05, 0.1) is 10.7 Å². The highest BCUT2D eigenvalue weighted by atomic mass is 35.5. The molecule has 0 bridgehead atoms. The predicted octanol–water partition coefficient (Wildman–Crippen LogP) is 1.74. The Morgan fingerprint density at radius 2 is 2.00 bits per heavy atom. The van der Waals surface area contributed by atoms with Gasteiger partial charge in [0.1, 0.15) is 0 Å². The minimum absolute atomic E-state index is 0.358. The van der Waals surface area contributed by atoms with Gasteiger partial charge >= 0.3 is 0 Å². The lowest BCUT2D eigenvalue weighted by molar-refractivity contribution is 0.529.